The Hall–Kier alpha value is -2.54. The summed E-state index contributed by atoms with van der Waals surface area (Å²) in [6, 6.07) is 0.384. The van der Waals surface area contributed by atoms with Crippen LogP contribution in [0.1, 0.15) is 6.92 Å². The fourth-order valence-corrected chi connectivity index (χ4v) is 2.79. The zero-order chi connectivity index (χ0) is 14.9. The van der Waals surface area contributed by atoms with E-state index in [-0.39, 0.29) is 0 Å². The Morgan fingerprint density at radius 1 is 1.18 bits per heavy atom. The van der Waals surface area contributed by atoms with Crippen LogP contribution in [0.25, 0.3) is 16.8 Å². The number of anilines is 1. The zero-order valence-electron chi connectivity index (χ0n) is 12.3. The normalized spacial score (nSPS) is 21.3. The molecule has 0 aromatic carbocycles. The Bertz CT molecular complexity index is 797. The van der Waals surface area contributed by atoms with E-state index in [9.17, 15) is 0 Å². The predicted octanol–water partition coefficient (Wildman–Crippen LogP) is 1.21. The minimum atomic E-state index is 0.384. The molecule has 7 heteroatoms. The van der Waals surface area contributed by atoms with Gasteiger partial charge < -0.3 is 10.6 Å². The van der Waals surface area contributed by atoms with Gasteiger partial charge in [-0.1, -0.05) is 6.92 Å². The molecule has 0 unspecified atom stereocenters. The van der Waals surface area contributed by atoms with E-state index in [0.717, 1.165) is 35.7 Å². The molecule has 1 saturated heterocycles. The van der Waals surface area contributed by atoms with Crippen LogP contribution in [0, 0.1) is 5.92 Å². The van der Waals surface area contributed by atoms with Gasteiger partial charge in [-0.05, 0) is 12.5 Å². The number of fused-ring (bicyclic) bond motifs is 1. The number of nitrogens with one attached hydrogen (secondary N) is 2. The summed E-state index contributed by atoms with van der Waals surface area (Å²) in [7, 11) is 0. The van der Waals surface area contributed by atoms with Crippen molar-refractivity contribution in [2.75, 3.05) is 18.4 Å². The first kappa shape index (κ1) is 13.1. The third-order valence-electron chi connectivity index (χ3n) is 4.09. The van der Waals surface area contributed by atoms with E-state index < -0.39 is 0 Å². The van der Waals surface area contributed by atoms with E-state index in [0.29, 0.717) is 12.0 Å². The highest BCUT2D eigenvalue weighted by Gasteiger charge is 2.23. The summed E-state index contributed by atoms with van der Waals surface area (Å²) >= 11 is 0. The monoisotopic (exact) mass is 295 g/mol. The van der Waals surface area contributed by atoms with Crippen molar-refractivity contribution in [3.8, 4) is 11.3 Å². The van der Waals surface area contributed by atoms with Gasteiger partial charge in [0.2, 0.25) is 0 Å². The van der Waals surface area contributed by atoms with Gasteiger partial charge in [0.05, 0.1) is 36.0 Å². The van der Waals surface area contributed by atoms with Crippen molar-refractivity contribution >= 4 is 11.3 Å². The standard InChI is InChI=1S/C15H17N7/c1-10-4-17-6-12(10)20-15-9-18-7-13(21-15)11-5-19-22-3-2-16-8-14(11)22/h2-3,5,7-10,12,17H,4,6H2,1H3,(H,20,21)/t10-,12-/m0/s1. The quantitative estimate of drug-likeness (QED) is 0.756. The van der Waals surface area contributed by atoms with Crippen LogP contribution in [0.15, 0.2) is 37.2 Å². The fraction of sp³-hybridized carbons (Fsp3) is 0.333. The number of hydrogen-bond donors (Lipinski definition) is 2. The maximum Gasteiger partial charge on any atom is 0.145 e. The van der Waals surface area contributed by atoms with E-state index in [4.69, 9.17) is 0 Å². The molecular formula is C15H17N7. The van der Waals surface area contributed by atoms with Gasteiger partial charge in [0, 0.05) is 30.5 Å². The van der Waals surface area contributed by atoms with Crippen LogP contribution in [0.3, 0.4) is 0 Å². The molecule has 2 N–H and O–H groups in total. The zero-order valence-corrected chi connectivity index (χ0v) is 12.3. The summed E-state index contributed by atoms with van der Waals surface area (Å²) in [6.45, 7) is 4.21. The number of hydrogen-bond acceptors (Lipinski definition) is 6. The SMILES string of the molecule is C[C@H]1CNC[C@@H]1Nc1cncc(-c2cnn3ccncc23)n1. The Morgan fingerprint density at radius 3 is 3.00 bits per heavy atom. The van der Waals surface area contributed by atoms with Crippen LogP contribution < -0.4 is 10.6 Å². The van der Waals surface area contributed by atoms with Crippen LogP contribution in [-0.4, -0.2) is 43.7 Å². The molecule has 0 spiro atoms. The first-order valence-electron chi connectivity index (χ1n) is 7.38. The first-order valence-corrected chi connectivity index (χ1v) is 7.38. The average molecular weight is 295 g/mol. The first-order chi connectivity index (χ1) is 10.8. The summed E-state index contributed by atoms with van der Waals surface area (Å²) < 4.78 is 1.78. The molecule has 2 atom stereocenters. The highest BCUT2D eigenvalue weighted by molar-refractivity contribution is 5.76. The van der Waals surface area contributed by atoms with Gasteiger partial charge in [-0.2, -0.15) is 5.10 Å². The second kappa shape index (κ2) is 5.34. The topological polar surface area (TPSA) is 80.0 Å². The highest BCUT2D eigenvalue weighted by Crippen LogP contribution is 2.23. The third-order valence-corrected chi connectivity index (χ3v) is 4.09. The van der Waals surface area contributed by atoms with E-state index in [1.54, 1.807) is 35.5 Å². The minimum Gasteiger partial charge on any atom is -0.364 e. The van der Waals surface area contributed by atoms with Gasteiger partial charge in [0.25, 0.3) is 0 Å². The highest BCUT2D eigenvalue weighted by atomic mass is 15.2. The van der Waals surface area contributed by atoms with Crippen molar-refractivity contribution in [2.45, 2.75) is 13.0 Å². The summed E-state index contributed by atoms with van der Waals surface area (Å²) in [4.78, 5) is 13.1. The van der Waals surface area contributed by atoms with Crippen LogP contribution in [0.4, 0.5) is 5.82 Å². The molecule has 1 fully saturated rings. The molecule has 112 valence electrons. The maximum absolute atomic E-state index is 4.68. The maximum atomic E-state index is 4.68. The van der Waals surface area contributed by atoms with Crippen molar-refractivity contribution in [3.05, 3.63) is 37.2 Å². The van der Waals surface area contributed by atoms with Gasteiger partial charge in [-0.3, -0.25) is 9.97 Å². The van der Waals surface area contributed by atoms with E-state index in [2.05, 4.69) is 37.6 Å². The molecule has 4 heterocycles. The Balaban J connectivity index is 1.67. The largest absolute Gasteiger partial charge is 0.364 e. The molecule has 0 aliphatic carbocycles. The van der Waals surface area contributed by atoms with Gasteiger partial charge in [0.1, 0.15) is 5.82 Å². The van der Waals surface area contributed by atoms with Crippen molar-refractivity contribution in [1.29, 1.82) is 0 Å². The molecule has 0 amide bonds. The molecule has 4 rings (SSSR count). The van der Waals surface area contributed by atoms with E-state index >= 15 is 0 Å². The molecule has 0 bridgehead atoms. The molecule has 0 radical (unpaired) electrons. The number of nitrogens with zero attached hydrogens (tertiary/aromatic N) is 5. The second-order valence-corrected chi connectivity index (χ2v) is 5.64. The fourth-order valence-electron chi connectivity index (χ4n) is 2.79. The summed E-state index contributed by atoms with van der Waals surface area (Å²) in [5.74, 6) is 1.37. The molecule has 22 heavy (non-hydrogen) atoms. The molecular weight excluding hydrogens is 278 g/mol. The number of aromatic nitrogens is 5. The van der Waals surface area contributed by atoms with E-state index in [1.165, 1.54) is 0 Å². The molecule has 7 nitrogen and oxygen atoms in total. The average Bonchev–Trinajstić information content (AvgIpc) is 3.14. The van der Waals surface area contributed by atoms with Crippen LogP contribution in [-0.2, 0) is 0 Å². The van der Waals surface area contributed by atoms with Crippen molar-refractivity contribution in [1.82, 2.24) is 29.9 Å². The second-order valence-electron chi connectivity index (χ2n) is 5.64. The van der Waals surface area contributed by atoms with Gasteiger partial charge in [-0.25, -0.2) is 9.50 Å². The lowest BCUT2D eigenvalue weighted by Crippen LogP contribution is -2.27. The summed E-state index contributed by atoms with van der Waals surface area (Å²) in [5, 5.41) is 11.2. The van der Waals surface area contributed by atoms with Gasteiger partial charge in [-0.15, -0.1) is 0 Å². The molecule has 1 aliphatic heterocycles. The van der Waals surface area contributed by atoms with Crippen LogP contribution >= 0.6 is 0 Å². The lowest BCUT2D eigenvalue weighted by Gasteiger charge is -2.16. The van der Waals surface area contributed by atoms with Crippen LogP contribution in [0.5, 0.6) is 0 Å². The van der Waals surface area contributed by atoms with E-state index in [1.807, 2.05) is 6.20 Å². The lowest BCUT2D eigenvalue weighted by atomic mass is 10.1. The smallest absolute Gasteiger partial charge is 0.145 e. The third kappa shape index (κ3) is 2.29. The molecule has 3 aromatic heterocycles. The Labute approximate surface area is 127 Å². The van der Waals surface area contributed by atoms with Gasteiger partial charge in [0.15, 0.2) is 0 Å². The summed E-state index contributed by atoms with van der Waals surface area (Å²) in [5.41, 5.74) is 2.65. The predicted molar refractivity (Wildman–Crippen MR) is 83.5 cm³/mol. The van der Waals surface area contributed by atoms with Crippen LogP contribution in [0.2, 0.25) is 0 Å². The number of rotatable bonds is 3. The summed E-state index contributed by atoms with van der Waals surface area (Å²) in [6.07, 6.45) is 10.6. The minimum absolute atomic E-state index is 0.384. The Morgan fingerprint density at radius 2 is 2.14 bits per heavy atom. The molecule has 3 aromatic rings. The molecule has 0 saturated carbocycles. The molecule has 1 aliphatic rings. The lowest BCUT2D eigenvalue weighted by molar-refractivity contribution is 0.593. The van der Waals surface area contributed by atoms with Crippen molar-refractivity contribution in [3.63, 3.8) is 0 Å². The van der Waals surface area contributed by atoms with Gasteiger partial charge >= 0.3 is 0 Å². The van der Waals surface area contributed by atoms with Crippen molar-refractivity contribution < 1.29 is 0 Å². The van der Waals surface area contributed by atoms with Crippen molar-refractivity contribution in [2.24, 2.45) is 5.92 Å². The Kier molecular flexibility index (Phi) is 3.19.